The first-order valence-corrected chi connectivity index (χ1v) is 5.50. The minimum atomic E-state index is -1.21. The third-order valence-corrected chi connectivity index (χ3v) is 2.70. The number of hydrogen-bond donors (Lipinski definition) is 1. The van der Waals surface area contributed by atoms with Gasteiger partial charge in [0.25, 0.3) is 5.56 Å². The number of carboxylic acids is 1. The molecule has 0 saturated heterocycles. The first-order valence-electron chi connectivity index (χ1n) is 5.50. The number of carboxylic acid groups (broad SMARTS) is 1. The standard InChI is InChI=1S/C10H8N6O4/c1-15-8-6(3-11-15)9(17)16(14-12-8)4-5-2-7(10(18)19)13-20-5/h2-3H,4H2,1H3,(H,18,19). The van der Waals surface area contributed by atoms with Gasteiger partial charge in [0.15, 0.2) is 17.1 Å². The van der Waals surface area contributed by atoms with Gasteiger partial charge < -0.3 is 9.63 Å². The second kappa shape index (κ2) is 4.26. The number of aromatic nitrogens is 6. The summed E-state index contributed by atoms with van der Waals surface area (Å²) in [6.45, 7) is -0.0586. The van der Waals surface area contributed by atoms with E-state index in [2.05, 4.69) is 20.6 Å². The Bertz CT molecular complexity index is 860. The lowest BCUT2D eigenvalue weighted by molar-refractivity contribution is 0.0685. The molecule has 0 aliphatic carbocycles. The van der Waals surface area contributed by atoms with Crippen LogP contribution >= 0.6 is 0 Å². The topological polar surface area (TPSA) is 129 Å². The maximum Gasteiger partial charge on any atom is 0.358 e. The molecule has 0 spiro atoms. The number of nitrogens with zero attached hydrogens (tertiary/aromatic N) is 6. The highest BCUT2D eigenvalue weighted by Crippen LogP contribution is 2.06. The maximum absolute atomic E-state index is 12.1. The molecule has 20 heavy (non-hydrogen) atoms. The molecule has 0 atom stereocenters. The fourth-order valence-electron chi connectivity index (χ4n) is 1.72. The van der Waals surface area contributed by atoms with Crippen LogP contribution in [0.1, 0.15) is 16.2 Å². The van der Waals surface area contributed by atoms with Crippen molar-refractivity contribution in [2.75, 3.05) is 0 Å². The predicted octanol–water partition coefficient (Wildman–Crippen LogP) is -0.741. The summed E-state index contributed by atoms with van der Waals surface area (Å²) < 4.78 is 7.31. The first kappa shape index (κ1) is 12.0. The van der Waals surface area contributed by atoms with Crippen LogP contribution in [0.2, 0.25) is 0 Å². The van der Waals surface area contributed by atoms with Crippen molar-refractivity contribution in [3.63, 3.8) is 0 Å². The molecule has 3 aromatic heterocycles. The highest BCUT2D eigenvalue weighted by Gasteiger charge is 2.14. The van der Waals surface area contributed by atoms with Crippen molar-refractivity contribution in [2.24, 2.45) is 7.05 Å². The average Bonchev–Trinajstić information content (AvgIpc) is 3.01. The molecule has 0 fully saturated rings. The molecule has 0 aliphatic rings. The Morgan fingerprint density at radius 2 is 2.30 bits per heavy atom. The summed E-state index contributed by atoms with van der Waals surface area (Å²) in [7, 11) is 1.65. The molecule has 10 heteroatoms. The van der Waals surface area contributed by atoms with E-state index in [9.17, 15) is 9.59 Å². The zero-order chi connectivity index (χ0) is 14.3. The van der Waals surface area contributed by atoms with Gasteiger partial charge in [0.1, 0.15) is 11.9 Å². The molecule has 0 saturated carbocycles. The van der Waals surface area contributed by atoms with Crippen molar-refractivity contribution in [3.8, 4) is 0 Å². The van der Waals surface area contributed by atoms with Crippen LogP contribution in [-0.2, 0) is 13.6 Å². The molecule has 0 radical (unpaired) electrons. The van der Waals surface area contributed by atoms with Gasteiger partial charge in [0, 0.05) is 13.1 Å². The summed E-state index contributed by atoms with van der Waals surface area (Å²) in [4.78, 5) is 22.8. The third-order valence-electron chi connectivity index (χ3n) is 2.70. The van der Waals surface area contributed by atoms with Crippen LogP contribution in [0.3, 0.4) is 0 Å². The average molecular weight is 276 g/mol. The number of aryl methyl sites for hydroxylation is 1. The summed E-state index contributed by atoms with van der Waals surface area (Å²) in [5, 5.41) is 23.9. The van der Waals surface area contributed by atoms with Crippen LogP contribution in [0.15, 0.2) is 21.6 Å². The first-order chi connectivity index (χ1) is 9.56. The molecule has 0 amide bonds. The monoisotopic (exact) mass is 276 g/mol. The van der Waals surface area contributed by atoms with Crippen LogP contribution < -0.4 is 5.56 Å². The largest absolute Gasteiger partial charge is 0.476 e. The molecule has 0 aromatic carbocycles. The normalized spacial score (nSPS) is 11.1. The van der Waals surface area contributed by atoms with Crippen LogP contribution in [0.4, 0.5) is 0 Å². The molecule has 102 valence electrons. The Balaban J connectivity index is 2.00. The molecule has 1 N–H and O–H groups in total. The lowest BCUT2D eigenvalue weighted by Gasteiger charge is -1.99. The SMILES string of the molecule is Cn1ncc2c(=O)n(Cc3cc(C(=O)O)no3)nnc21. The zero-order valence-electron chi connectivity index (χ0n) is 10.2. The molecule has 0 aliphatic heterocycles. The van der Waals surface area contributed by atoms with E-state index in [0.717, 1.165) is 4.68 Å². The molecule has 3 heterocycles. The summed E-state index contributed by atoms with van der Waals surface area (Å²) in [6, 6.07) is 1.23. The highest BCUT2D eigenvalue weighted by molar-refractivity contribution is 5.85. The summed E-state index contributed by atoms with van der Waals surface area (Å²) in [5.74, 6) is -1.01. The van der Waals surface area contributed by atoms with E-state index < -0.39 is 11.5 Å². The number of rotatable bonds is 3. The van der Waals surface area contributed by atoms with Crippen LogP contribution in [0.5, 0.6) is 0 Å². The Labute approximate surface area is 110 Å². The maximum atomic E-state index is 12.1. The highest BCUT2D eigenvalue weighted by atomic mass is 16.5. The van der Waals surface area contributed by atoms with Gasteiger partial charge in [0.05, 0.1) is 6.20 Å². The molecule has 3 aromatic rings. The lowest BCUT2D eigenvalue weighted by atomic mass is 10.3. The Morgan fingerprint density at radius 1 is 1.50 bits per heavy atom. The molecule has 0 bridgehead atoms. The van der Waals surface area contributed by atoms with Gasteiger partial charge in [-0.3, -0.25) is 4.79 Å². The van der Waals surface area contributed by atoms with Crippen molar-refractivity contribution in [1.29, 1.82) is 0 Å². The predicted molar refractivity (Wildman–Crippen MR) is 63.1 cm³/mol. The summed E-state index contributed by atoms with van der Waals surface area (Å²) in [6.07, 6.45) is 1.39. The molecule has 3 rings (SSSR count). The van der Waals surface area contributed by atoms with E-state index in [4.69, 9.17) is 9.63 Å². The van der Waals surface area contributed by atoms with E-state index in [-0.39, 0.29) is 18.0 Å². The van der Waals surface area contributed by atoms with Gasteiger partial charge in [-0.05, 0) is 0 Å². The molecule has 0 unspecified atom stereocenters. The van der Waals surface area contributed by atoms with E-state index in [1.807, 2.05) is 0 Å². The minimum absolute atomic E-state index is 0.0586. The zero-order valence-corrected chi connectivity index (χ0v) is 10.2. The quantitative estimate of drug-likeness (QED) is 0.662. The van der Waals surface area contributed by atoms with E-state index in [0.29, 0.717) is 11.0 Å². The fraction of sp³-hybridized carbons (Fsp3) is 0.200. The molecular formula is C10H8N6O4. The van der Waals surface area contributed by atoms with Crippen molar-refractivity contribution >= 4 is 17.0 Å². The Hall–Kier alpha value is -3.04. The minimum Gasteiger partial charge on any atom is -0.476 e. The number of fused-ring (bicyclic) bond motifs is 1. The van der Waals surface area contributed by atoms with Crippen molar-refractivity contribution in [3.05, 3.63) is 34.1 Å². The van der Waals surface area contributed by atoms with E-state index >= 15 is 0 Å². The third kappa shape index (κ3) is 1.83. The van der Waals surface area contributed by atoms with Crippen LogP contribution in [0.25, 0.3) is 11.0 Å². The van der Waals surface area contributed by atoms with Crippen LogP contribution in [-0.4, -0.2) is 41.0 Å². The van der Waals surface area contributed by atoms with Gasteiger partial charge in [-0.1, -0.05) is 10.4 Å². The number of hydrogen-bond acceptors (Lipinski definition) is 7. The second-order valence-electron chi connectivity index (χ2n) is 4.04. The van der Waals surface area contributed by atoms with Gasteiger partial charge in [-0.25, -0.2) is 14.2 Å². The summed E-state index contributed by atoms with van der Waals surface area (Å²) in [5.41, 5.74) is -0.255. The van der Waals surface area contributed by atoms with Gasteiger partial charge in [-0.2, -0.15) is 5.10 Å². The Kier molecular flexibility index (Phi) is 2.56. The van der Waals surface area contributed by atoms with Gasteiger partial charge in [-0.15, -0.1) is 5.10 Å². The van der Waals surface area contributed by atoms with E-state index in [1.54, 1.807) is 7.05 Å². The molecular weight excluding hydrogens is 268 g/mol. The molecule has 10 nitrogen and oxygen atoms in total. The van der Waals surface area contributed by atoms with E-state index in [1.165, 1.54) is 16.9 Å². The van der Waals surface area contributed by atoms with Gasteiger partial charge >= 0.3 is 5.97 Å². The lowest BCUT2D eigenvalue weighted by Crippen LogP contribution is -2.24. The number of carbonyl (C=O) groups is 1. The van der Waals surface area contributed by atoms with Crippen molar-refractivity contribution < 1.29 is 14.4 Å². The van der Waals surface area contributed by atoms with Crippen molar-refractivity contribution in [2.45, 2.75) is 6.54 Å². The Morgan fingerprint density at radius 3 is 3.00 bits per heavy atom. The van der Waals surface area contributed by atoms with Crippen LogP contribution in [0, 0.1) is 0 Å². The van der Waals surface area contributed by atoms with Gasteiger partial charge in [0.2, 0.25) is 0 Å². The smallest absolute Gasteiger partial charge is 0.358 e. The summed E-state index contributed by atoms with van der Waals surface area (Å²) >= 11 is 0. The number of aromatic carboxylic acids is 1. The van der Waals surface area contributed by atoms with Crippen molar-refractivity contribution in [1.82, 2.24) is 29.9 Å². The fourth-order valence-corrected chi connectivity index (χ4v) is 1.72. The second-order valence-corrected chi connectivity index (χ2v) is 4.04.